The number of aryl methyl sites for hydroxylation is 1. The Hall–Kier alpha value is -1.36. The van der Waals surface area contributed by atoms with E-state index in [1.54, 1.807) is 17.0 Å². The van der Waals surface area contributed by atoms with Crippen molar-refractivity contribution in [1.82, 2.24) is 9.55 Å². The maximum Gasteiger partial charge on any atom is 0.293 e. The molecule has 5 nitrogen and oxygen atoms in total. The first-order chi connectivity index (χ1) is 7.98. The van der Waals surface area contributed by atoms with Crippen molar-refractivity contribution < 1.29 is 5.11 Å². The third-order valence-electron chi connectivity index (χ3n) is 3.54. The van der Waals surface area contributed by atoms with Crippen molar-refractivity contribution in [2.24, 2.45) is 5.92 Å². The van der Waals surface area contributed by atoms with Crippen molar-refractivity contribution in [1.29, 1.82) is 0 Å². The Kier molecular flexibility index (Phi) is 2.95. The van der Waals surface area contributed by atoms with Gasteiger partial charge in [0.25, 0.3) is 5.56 Å². The van der Waals surface area contributed by atoms with E-state index >= 15 is 0 Å². The van der Waals surface area contributed by atoms with Crippen LogP contribution in [-0.2, 0) is 6.54 Å². The summed E-state index contributed by atoms with van der Waals surface area (Å²) in [5.41, 5.74) is -0.762. The van der Waals surface area contributed by atoms with E-state index in [2.05, 4.69) is 4.98 Å². The van der Waals surface area contributed by atoms with Crippen molar-refractivity contribution in [3.8, 4) is 0 Å². The smallest absolute Gasteiger partial charge is 0.293 e. The van der Waals surface area contributed by atoms with Crippen LogP contribution in [0.3, 0.4) is 0 Å². The molecule has 1 aliphatic rings. The van der Waals surface area contributed by atoms with Crippen LogP contribution in [0.2, 0.25) is 0 Å². The minimum absolute atomic E-state index is 0.0826. The van der Waals surface area contributed by atoms with Gasteiger partial charge >= 0.3 is 0 Å². The molecule has 0 spiro atoms. The van der Waals surface area contributed by atoms with Gasteiger partial charge in [0.15, 0.2) is 5.82 Å². The largest absolute Gasteiger partial charge is 0.386 e. The number of aromatic nitrogens is 2. The predicted octanol–water partition coefficient (Wildman–Crippen LogP) is 0.470. The van der Waals surface area contributed by atoms with Crippen LogP contribution < -0.4 is 10.5 Å². The monoisotopic (exact) mass is 237 g/mol. The molecular weight excluding hydrogens is 218 g/mol. The molecule has 1 aliphatic heterocycles. The predicted molar refractivity (Wildman–Crippen MR) is 66.2 cm³/mol. The average Bonchev–Trinajstić information content (AvgIpc) is 2.25. The molecule has 5 heteroatoms. The topological polar surface area (TPSA) is 58.4 Å². The highest BCUT2D eigenvalue weighted by atomic mass is 16.3. The summed E-state index contributed by atoms with van der Waals surface area (Å²) in [5.74, 6) is 0.635. The van der Waals surface area contributed by atoms with E-state index in [1.165, 1.54) is 0 Å². The molecule has 2 rings (SSSR count). The molecule has 1 aromatic heterocycles. The minimum atomic E-state index is -0.680. The molecule has 0 saturated carbocycles. The molecule has 0 aromatic carbocycles. The van der Waals surface area contributed by atoms with Gasteiger partial charge < -0.3 is 14.6 Å². The van der Waals surface area contributed by atoms with Gasteiger partial charge in [0, 0.05) is 18.9 Å². The Balaban J connectivity index is 2.20. The van der Waals surface area contributed by atoms with Gasteiger partial charge in [0.1, 0.15) is 5.60 Å². The fraction of sp³-hybridized carbons (Fsp3) is 0.667. The second-order valence-electron chi connectivity index (χ2n) is 4.96. The van der Waals surface area contributed by atoms with Gasteiger partial charge in [0.05, 0.1) is 13.1 Å². The Bertz CT molecular complexity index is 461. The van der Waals surface area contributed by atoms with Crippen LogP contribution in [0, 0.1) is 5.92 Å². The number of hydrogen-bond donors (Lipinski definition) is 1. The van der Waals surface area contributed by atoms with Crippen molar-refractivity contribution in [2.75, 3.05) is 18.0 Å². The van der Waals surface area contributed by atoms with E-state index in [0.717, 1.165) is 0 Å². The molecule has 1 N–H and O–H groups in total. The molecule has 2 heterocycles. The van der Waals surface area contributed by atoms with Gasteiger partial charge in [-0.2, -0.15) is 0 Å². The van der Waals surface area contributed by atoms with Crippen molar-refractivity contribution in [2.45, 2.75) is 32.9 Å². The number of aliphatic hydroxyl groups is 1. The molecule has 0 atom stereocenters. The van der Waals surface area contributed by atoms with E-state index in [0.29, 0.717) is 25.5 Å². The second-order valence-corrected chi connectivity index (χ2v) is 4.96. The Labute approximate surface area is 101 Å². The lowest BCUT2D eigenvalue weighted by molar-refractivity contribution is -0.0306. The fourth-order valence-electron chi connectivity index (χ4n) is 2.03. The highest BCUT2D eigenvalue weighted by Crippen LogP contribution is 2.30. The van der Waals surface area contributed by atoms with Crippen LogP contribution in [0.1, 0.15) is 20.8 Å². The highest BCUT2D eigenvalue weighted by Gasteiger charge is 2.45. The SMILES string of the molecule is CCn1ccnc(N2CC(O)(C(C)C)C2)c1=O. The molecule has 1 saturated heterocycles. The van der Waals surface area contributed by atoms with E-state index in [1.807, 2.05) is 25.7 Å². The van der Waals surface area contributed by atoms with Gasteiger partial charge in [-0.05, 0) is 12.8 Å². The van der Waals surface area contributed by atoms with Crippen LogP contribution >= 0.6 is 0 Å². The Morgan fingerprint density at radius 2 is 2.18 bits per heavy atom. The maximum atomic E-state index is 12.0. The first kappa shape index (κ1) is 12.1. The van der Waals surface area contributed by atoms with Gasteiger partial charge in [-0.15, -0.1) is 0 Å². The summed E-state index contributed by atoms with van der Waals surface area (Å²) in [6, 6.07) is 0. The second kappa shape index (κ2) is 4.14. The number of nitrogens with zero attached hydrogens (tertiary/aromatic N) is 3. The summed E-state index contributed by atoms with van der Waals surface area (Å²) in [6.45, 7) is 7.50. The summed E-state index contributed by atoms with van der Waals surface area (Å²) in [4.78, 5) is 17.9. The van der Waals surface area contributed by atoms with Gasteiger partial charge in [-0.25, -0.2) is 4.98 Å². The van der Waals surface area contributed by atoms with Gasteiger partial charge in [-0.3, -0.25) is 4.79 Å². The van der Waals surface area contributed by atoms with Crippen LogP contribution in [0.5, 0.6) is 0 Å². The van der Waals surface area contributed by atoms with Crippen LogP contribution in [0.25, 0.3) is 0 Å². The van der Waals surface area contributed by atoms with Crippen LogP contribution in [0.15, 0.2) is 17.2 Å². The number of rotatable bonds is 3. The van der Waals surface area contributed by atoms with E-state index in [-0.39, 0.29) is 11.5 Å². The third-order valence-corrected chi connectivity index (χ3v) is 3.54. The molecule has 0 radical (unpaired) electrons. The summed E-state index contributed by atoms with van der Waals surface area (Å²) in [7, 11) is 0. The lowest BCUT2D eigenvalue weighted by Crippen LogP contribution is -2.66. The van der Waals surface area contributed by atoms with E-state index < -0.39 is 5.60 Å². The molecular formula is C12H19N3O2. The molecule has 1 fully saturated rings. The number of anilines is 1. The van der Waals surface area contributed by atoms with Crippen LogP contribution in [0.4, 0.5) is 5.82 Å². The summed E-state index contributed by atoms with van der Waals surface area (Å²) in [6.07, 6.45) is 3.31. The zero-order valence-corrected chi connectivity index (χ0v) is 10.6. The molecule has 0 amide bonds. The Morgan fingerprint density at radius 3 is 2.71 bits per heavy atom. The lowest BCUT2D eigenvalue weighted by atomic mass is 9.83. The van der Waals surface area contributed by atoms with Crippen molar-refractivity contribution in [3.63, 3.8) is 0 Å². The van der Waals surface area contributed by atoms with Gasteiger partial charge in [0.2, 0.25) is 0 Å². The number of β-amino-alcohol motifs (C(OH)–C–C–N with tert-alkyl or cyclic N) is 1. The third kappa shape index (κ3) is 1.95. The summed E-state index contributed by atoms with van der Waals surface area (Å²) >= 11 is 0. The zero-order valence-electron chi connectivity index (χ0n) is 10.6. The average molecular weight is 237 g/mol. The highest BCUT2D eigenvalue weighted by molar-refractivity contribution is 5.42. The molecule has 0 bridgehead atoms. The molecule has 94 valence electrons. The molecule has 17 heavy (non-hydrogen) atoms. The fourth-order valence-corrected chi connectivity index (χ4v) is 2.03. The molecule has 1 aromatic rings. The van der Waals surface area contributed by atoms with Crippen molar-refractivity contribution >= 4 is 5.82 Å². The van der Waals surface area contributed by atoms with Gasteiger partial charge in [-0.1, -0.05) is 13.8 Å². The number of hydrogen-bond acceptors (Lipinski definition) is 4. The zero-order chi connectivity index (χ0) is 12.6. The summed E-state index contributed by atoms with van der Waals surface area (Å²) < 4.78 is 1.62. The summed E-state index contributed by atoms with van der Waals surface area (Å²) in [5, 5.41) is 10.2. The van der Waals surface area contributed by atoms with Crippen molar-refractivity contribution in [3.05, 3.63) is 22.7 Å². The van der Waals surface area contributed by atoms with E-state index in [4.69, 9.17) is 0 Å². The lowest BCUT2D eigenvalue weighted by Gasteiger charge is -2.49. The minimum Gasteiger partial charge on any atom is -0.386 e. The standard InChI is InChI=1S/C12H19N3O2/c1-4-14-6-5-13-10(11(14)16)15-7-12(17,8-15)9(2)3/h5-6,9,17H,4,7-8H2,1-3H3. The first-order valence-corrected chi connectivity index (χ1v) is 6.00. The molecule has 0 unspecified atom stereocenters. The van der Waals surface area contributed by atoms with Crippen LogP contribution in [-0.4, -0.2) is 33.3 Å². The Morgan fingerprint density at radius 1 is 1.53 bits per heavy atom. The maximum absolute atomic E-state index is 12.0. The first-order valence-electron chi connectivity index (χ1n) is 6.00. The normalized spacial score (nSPS) is 18.3. The van der Waals surface area contributed by atoms with E-state index in [9.17, 15) is 9.90 Å². The molecule has 0 aliphatic carbocycles. The quantitative estimate of drug-likeness (QED) is 0.830.